The highest BCUT2D eigenvalue weighted by Crippen LogP contribution is 2.50. The Balaban J connectivity index is 1.26. The van der Waals surface area contributed by atoms with Crippen molar-refractivity contribution in [3.63, 3.8) is 0 Å². The van der Waals surface area contributed by atoms with Crippen LogP contribution in [0, 0.1) is 6.92 Å². The largest absolute Gasteiger partial charge is 0.311 e. The van der Waals surface area contributed by atoms with Gasteiger partial charge in [0.1, 0.15) is 0 Å². The first-order valence-electron chi connectivity index (χ1n) is 20.5. The fourth-order valence-corrected chi connectivity index (χ4v) is 11.0. The van der Waals surface area contributed by atoms with Gasteiger partial charge in [-0.25, -0.2) is 0 Å². The van der Waals surface area contributed by atoms with Crippen LogP contribution < -0.4 is 26.2 Å². The number of fused-ring (bicyclic) bond motifs is 7. The molecule has 2 aliphatic heterocycles. The van der Waals surface area contributed by atoms with E-state index >= 15 is 0 Å². The van der Waals surface area contributed by atoms with Gasteiger partial charge in [-0.2, -0.15) is 0 Å². The maximum atomic E-state index is 2.77. The highest BCUT2D eigenvalue weighted by molar-refractivity contribution is 7.00. The molecule has 0 amide bonds. The SMILES string of the molecule is Cc1cc2c3c(c1)N(c1ccc4c5c(cccc15)CCC4)c1cc(C(C)(C)C)ccc1B3c1ccc3c(c1N2c1cccc2c1CCCC2)CCCC3. The van der Waals surface area contributed by atoms with Crippen LogP contribution in [0.2, 0.25) is 0 Å². The van der Waals surface area contributed by atoms with Gasteiger partial charge in [-0.15, -0.1) is 0 Å². The van der Waals surface area contributed by atoms with E-state index in [0.717, 1.165) is 25.7 Å². The van der Waals surface area contributed by atoms with E-state index in [0.29, 0.717) is 0 Å². The van der Waals surface area contributed by atoms with Gasteiger partial charge in [-0.1, -0.05) is 81.4 Å². The third-order valence-electron chi connectivity index (χ3n) is 13.5. The van der Waals surface area contributed by atoms with E-state index in [9.17, 15) is 0 Å². The van der Waals surface area contributed by atoms with Crippen LogP contribution in [0.1, 0.15) is 97.4 Å². The van der Waals surface area contributed by atoms with E-state index in [4.69, 9.17) is 0 Å². The summed E-state index contributed by atoms with van der Waals surface area (Å²) < 4.78 is 0. The molecule has 3 heteroatoms. The number of hydrogen-bond donors (Lipinski definition) is 0. The highest BCUT2D eigenvalue weighted by Gasteiger charge is 2.45. The van der Waals surface area contributed by atoms with E-state index in [2.05, 4.69) is 128 Å². The van der Waals surface area contributed by atoms with Crippen LogP contribution in [-0.2, 0) is 43.9 Å². The van der Waals surface area contributed by atoms with Crippen molar-refractivity contribution in [3.8, 4) is 0 Å². The Bertz CT molecular complexity index is 2510. The van der Waals surface area contributed by atoms with E-state index in [-0.39, 0.29) is 12.1 Å². The Hall–Kier alpha value is -4.76. The molecule has 6 aromatic rings. The average molecular weight is 689 g/mol. The fourth-order valence-electron chi connectivity index (χ4n) is 11.0. The monoisotopic (exact) mass is 688 g/mol. The Kier molecular flexibility index (Phi) is 6.96. The van der Waals surface area contributed by atoms with Gasteiger partial charge in [-0.05, 0) is 180 Å². The summed E-state index contributed by atoms with van der Waals surface area (Å²) in [6, 6.07) is 36.8. The third kappa shape index (κ3) is 4.65. The van der Waals surface area contributed by atoms with Crippen molar-refractivity contribution in [1.29, 1.82) is 0 Å². The normalized spacial score (nSPS) is 16.9. The first-order chi connectivity index (χ1) is 25.8. The third-order valence-corrected chi connectivity index (χ3v) is 13.5. The molecule has 0 spiro atoms. The number of benzene rings is 6. The molecular weight excluding hydrogens is 639 g/mol. The van der Waals surface area contributed by atoms with Gasteiger partial charge in [-0.3, -0.25) is 0 Å². The molecular formula is C50H49BN2. The first kappa shape index (κ1) is 31.7. The molecule has 0 aromatic heterocycles. The zero-order valence-corrected chi connectivity index (χ0v) is 31.9. The lowest BCUT2D eigenvalue weighted by molar-refractivity contribution is 0.590. The van der Waals surface area contributed by atoms with Crippen molar-refractivity contribution in [2.75, 3.05) is 9.80 Å². The lowest BCUT2D eigenvalue weighted by Crippen LogP contribution is -2.62. The molecule has 0 bridgehead atoms. The van der Waals surface area contributed by atoms with Crippen LogP contribution in [0.3, 0.4) is 0 Å². The van der Waals surface area contributed by atoms with Crippen LogP contribution >= 0.6 is 0 Å². The zero-order valence-electron chi connectivity index (χ0n) is 31.9. The summed E-state index contributed by atoms with van der Waals surface area (Å²) in [5, 5.41) is 2.88. The molecule has 262 valence electrons. The zero-order chi connectivity index (χ0) is 35.6. The quantitative estimate of drug-likeness (QED) is 0.167. The van der Waals surface area contributed by atoms with E-state index < -0.39 is 0 Å². The molecule has 0 fully saturated rings. The molecule has 3 aliphatic carbocycles. The van der Waals surface area contributed by atoms with Crippen molar-refractivity contribution in [2.45, 2.75) is 104 Å². The lowest BCUT2D eigenvalue weighted by atomic mass is 9.33. The molecule has 0 unspecified atom stereocenters. The van der Waals surface area contributed by atoms with Crippen molar-refractivity contribution in [3.05, 3.63) is 136 Å². The molecule has 5 aliphatic rings. The van der Waals surface area contributed by atoms with E-state index in [1.54, 1.807) is 22.3 Å². The number of aryl methyl sites for hydroxylation is 5. The van der Waals surface area contributed by atoms with Crippen LogP contribution in [0.25, 0.3) is 10.8 Å². The Morgan fingerprint density at radius 1 is 0.509 bits per heavy atom. The van der Waals surface area contributed by atoms with Crippen molar-refractivity contribution in [1.82, 2.24) is 0 Å². The second-order valence-electron chi connectivity index (χ2n) is 17.8. The predicted octanol–water partition coefficient (Wildman–Crippen LogP) is 10.8. The van der Waals surface area contributed by atoms with Crippen LogP contribution in [-0.4, -0.2) is 6.71 Å². The molecule has 6 aromatic carbocycles. The summed E-state index contributed by atoms with van der Waals surface area (Å²) >= 11 is 0. The second-order valence-corrected chi connectivity index (χ2v) is 17.8. The summed E-state index contributed by atoms with van der Waals surface area (Å²) in [7, 11) is 0. The number of hydrogen-bond acceptors (Lipinski definition) is 2. The maximum Gasteiger partial charge on any atom is 0.252 e. The van der Waals surface area contributed by atoms with E-state index in [1.807, 2.05) is 0 Å². The lowest BCUT2D eigenvalue weighted by Gasteiger charge is -2.46. The highest BCUT2D eigenvalue weighted by atomic mass is 15.2. The minimum atomic E-state index is 0.0332. The van der Waals surface area contributed by atoms with Gasteiger partial charge < -0.3 is 9.80 Å². The van der Waals surface area contributed by atoms with Crippen LogP contribution in [0.4, 0.5) is 34.1 Å². The van der Waals surface area contributed by atoms with Gasteiger partial charge in [0.2, 0.25) is 0 Å². The first-order valence-corrected chi connectivity index (χ1v) is 20.5. The van der Waals surface area contributed by atoms with Crippen molar-refractivity contribution < 1.29 is 0 Å². The van der Waals surface area contributed by atoms with Crippen molar-refractivity contribution >= 4 is 68.0 Å². The van der Waals surface area contributed by atoms with Gasteiger partial charge in [0, 0.05) is 33.8 Å². The standard InChI is InChI=1S/C50H49BN2/c1-31-28-45-48-46(29-31)53(42-21-11-14-32-12-5-7-18-37(32)42)49-38-19-8-6-13-33(38)22-25-41(49)51(48)40-26-24-36(50(2,3)4)30-44(40)52(45)43-27-23-35-16-9-15-34-17-10-20-39(43)47(34)35/h10-11,14,17,20-30H,5-9,12-13,15-16,18-19H2,1-4H3. The Morgan fingerprint density at radius 3 is 1.96 bits per heavy atom. The molecule has 53 heavy (non-hydrogen) atoms. The van der Waals surface area contributed by atoms with Gasteiger partial charge in [0.15, 0.2) is 0 Å². The molecule has 0 radical (unpaired) electrons. The van der Waals surface area contributed by atoms with Gasteiger partial charge in [0.05, 0.1) is 5.69 Å². The summed E-state index contributed by atoms with van der Waals surface area (Å²) in [5.74, 6) is 0. The van der Waals surface area contributed by atoms with Gasteiger partial charge >= 0.3 is 0 Å². The second kappa shape index (κ2) is 11.6. The average Bonchev–Trinajstić information content (AvgIpc) is 3.17. The van der Waals surface area contributed by atoms with E-state index in [1.165, 1.54) is 128 Å². The van der Waals surface area contributed by atoms with Gasteiger partial charge in [0.25, 0.3) is 6.71 Å². The molecule has 2 nitrogen and oxygen atoms in total. The number of rotatable bonds is 2. The summed E-state index contributed by atoms with van der Waals surface area (Å²) in [6.45, 7) is 9.58. The number of nitrogens with zero attached hydrogens (tertiary/aromatic N) is 2. The van der Waals surface area contributed by atoms with Crippen LogP contribution in [0.5, 0.6) is 0 Å². The van der Waals surface area contributed by atoms with Crippen molar-refractivity contribution in [2.24, 2.45) is 0 Å². The minimum absolute atomic E-state index is 0.0332. The maximum absolute atomic E-state index is 2.77. The predicted molar refractivity (Wildman–Crippen MR) is 227 cm³/mol. The number of anilines is 6. The summed E-state index contributed by atoms with van der Waals surface area (Å²) in [4.78, 5) is 5.46. The Labute approximate surface area is 315 Å². The molecule has 0 atom stereocenters. The fraction of sp³-hybridized carbons (Fsp3) is 0.320. The topological polar surface area (TPSA) is 6.48 Å². The molecule has 0 N–H and O–H groups in total. The molecule has 0 saturated carbocycles. The minimum Gasteiger partial charge on any atom is -0.311 e. The molecule has 11 rings (SSSR count). The smallest absolute Gasteiger partial charge is 0.252 e. The molecule has 0 saturated heterocycles. The summed E-state index contributed by atoms with van der Waals surface area (Å²) in [5.41, 5.74) is 24.7. The molecule has 2 heterocycles. The van der Waals surface area contributed by atoms with Crippen LogP contribution in [0.15, 0.2) is 91.0 Å². The summed E-state index contributed by atoms with van der Waals surface area (Å²) in [6.07, 6.45) is 13.4. The Morgan fingerprint density at radius 2 is 1.15 bits per heavy atom.